The summed E-state index contributed by atoms with van der Waals surface area (Å²) in [7, 11) is 0. The number of nitrogens with zero attached hydrogens (tertiary/aromatic N) is 1. The zero-order valence-corrected chi connectivity index (χ0v) is 10.3. The molecule has 0 aliphatic rings. The average Bonchev–Trinajstić information content (AvgIpc) is 2.75. The molecule has 1 unspecified atom stereocenters. The Kier molecular flexibility index (Phi) is 3.31. The van der Waals surface area contributed by atoms with Gasteiger partial charge in [-0.05, 0) is 25.1 Å². The lowest BCUT2D eigenvalue weighted by molar-refractivity contribution is 0.223. The van der Waals surface area contributed by atoms with Gasteiger partial charge in [0.1, 0.15) is 11.9 Å². The first-order valence-corrected chi connectivity index (χ1v) is 6.08. The maximum atomic E-state index is 6.01. The molecule has 84 valence electrons. The lowest BCUT2D eigenvalue weighted by Crippen LogP contribution is -2.03. The average molecular weight is 255 g/mol. The third-order valence-electron chi connectivity index (χ3n) is 2.13. The molecule has 1 heterocycles. The van der Waals surface area contributed by atoms with Gasteiger partial charge in [0.05, 0.1) is 16.2 Å². The highest BCUT2D eigenvalue weighted by atomic mass is 35.5. The van der Waals surface area contributed by atoms with Crippen molar-refractivity contribution in [2.45, 2.75) is 13.0 Å². The van der Waals surface area contributed by atoms with Crippen LogP contribution in [0.5, 0.6) is 5.75 Å². The van der Waals surface area contributed by atoms with E-state index in [2.05, 4.69) is 4.98 Å². The van der Waals surface area contributed by atoms with Gasteiger partial charge in [0.2, 0.25) is 0 Å². The number of rotatable bonds is 3. The summed E-state index contributed by atoms with van der Waals surface area (Å²) in [6.45, 7) is 1.93. The van der Waals surface area contributed by atoms with E-state index in [0.29, 0.717) is 16.5 Å². The monoisotopic (exact) mass is 254 g/mol. The molecule has 1 aromatic carbocycles. The minimum atomic E-state index is -0.118. The van der Waals surface area contributed by atoms with Crippen molar-refractivity contribution in [1.29, 1.82) is 0 Å². The van der Waals surface area contributed by atoms with Crippen LogP contribution in [-0.4, -0.2) is 4.98 Å². The van der Waals surface area contributed by atoms with Crippen LogP contribution in [-0.2, 0) is 0 Å². The van der Waals surface area contributed by atoms with Gasteiger partial charge in [0, 0.05) is 11.1 Å². The molecule has 0 spiro atoms. The van der Waals surface area contributed by atoms with Gasteiger partial charge in [0.15, 0.2) is 0 Å². The summed E-state index contributed by atoms with van der Waals surface area (Å²) < 4.78 is 5.70. The highest BCUT2D eigenvalue weighted by Gasteiger charge is 2.11. The number of thiazole rings is 1. The second-order valence-corrected chi connectivity index (χ2v) is 4.49. The number of nitrogens with two attached hydrogens (primary N) is 1. The fourth-order valence-electron chi connectivity index (χ4n) is 1.29. The molecule has 0 amide bonds. The fraction of sp³-hybridized carbons (Fsp3) is 0.182. The van der Waals surface area contributed by atoms with Crippen LogP contribution in [0.25, 0.3) is 0 Å². The quantitative estimate of drug-likeness (QED) is 0.853. The molecule has 0 radical (unpaired) electrons. The minimum Gasteiger partial charge on any atom is -0.483 e. The SMILES string of the molecule is CC(Oc1ccc(N)cc1Cl)c1cscn1. The van der Waals surface area contributed by atoms with Gasteiger partial charge in [-0.25, -0.2) is 4.98 Å². The molecule has 0 saturated heterocycles. The Hall–Kier alpha value is -1.26. The van der Waals surface area contributed by atoms with Gasteiger partial charge in [-0.1, -0.05) is 11.6 Å². The molecule has 0 saturated carbocycles. The van der Waals surface area contributed by atoms with Gasteiger partial charge in [0.25, 0.3) is 0 Å². The minimum absolute atomic E-state index is 0.118. The molecule has 2 aromatic rings. The van der Waals surface area contributed by atoms with Crippen LogP contribution >= 0.6 is 22.9 Å². The van der Waals surface area contributed by atoms with Gasteiger partial charge in [-0.3, -0.25) is 0 Å². The summed E-state index contributed by atoms with van der Waals surface area (Å²) in [5.41, 5.74) is 8.90. The van der Waals surface area contributed by atoms with Crippen LogP contribution in [0, 0.1) is 0 Å². The zero-order chi connectivity index (χ0) is 11.5. The molecule has 3 nitrogen and oxygen atoms in total. The smallest absolute Gasteiger partial charge is 0.139 e. The second-order valence-electron chi connectivity index (χ2n) is 3.36. The maximum Gasteiger partial charge on any atom is 0.139 e. The highest BCUT2D eigenvalue weighted by molar-refractivity contribution is 7.07. The van der Waals surface area contributed by atoms with E-state index < -0.39 is 0 Å². The molecular weight excluding hydrogens is 244 g/mol. The van der Waals surface area contributed by atoms with E-state index >= 15 is 0 Å². The summed E-state index contributed by atoms with van der Waals surface area (Å²) in [4.78, 5) is 4.19. The molecule has 5 heteroatoms. The Labute approximate surface area is 103 Å². The van der Waals surface area contributed by atoms with Crippen molar-refractivity contribution in [2.24, 2.45) is 0 Å². The number of hydrogen-bond acceptors (Lipinski definition) is 4. The van der Waals surface area contributed by atoms with Crippen LogP contribution < -0.4 is 10.5 Å². The summed E-state index contributed by atoms with van der Waals surface area (Å²) in [5, 5.41) is 2.47. The van der Waals surface area contributed by atoms with Crippen molar-refractivity contribution in [1.82, 2.24) is 4.98 Å². The molecule has 1 aromatic heterocycles. The molecule has 0 fully saturated rings. The lowest BCUT2D eigenvalue weighted by atomic mass is 10.3. The second kappa shape index (κ2) is 4.72. The highest BCUT2D eigenvalue weighted by Crippen LogP contribution is 2.30. The van der Waals surface area contributed by atoms with Crippen molar-refractivity contribution >= 4 is 28.6 Å². The van der Waals surface area contributed by atoms with E-state index in [1.165, 1.54) is 0 Å². The lowest BCUT2D eigenvalue weighted by Gasteiger charge is -2.13. The molecule has 0 aliphatic carbocycles. The number of ether oxygens (including phenoxy) is 1. The van der Waals surface area contributed by atoms with Crippen LogP contribution in [0.3, 0.4) is 0 Å². The number of benzene rings is 1. The number of anilines is 1. The third kappa shape index (κ3) is 2.46. The fourth-order valence-corrected chi connectivity index (χ4v) is 2.16. The molecule has 2 N–H and O–H groups in total. The molecular formula is C11H11ClN2OS. The number of hydrogen-bond donors (Lipinski definition) is 1. The molecule has 16 heavy (non-hydrogen) atoms. The van der Waals surface area contributed by atoms with Crippen LogP contribution in [0.1, 0.15) is 18.7 Å². The first kappa shape index (κ1) is 11.2. The van der Waals surface area contributed by atoms with Crippen LogP contribution in [0.4, 0.5) is 5.69 Å². The maximum absolute atomic E-state index is 6.01. The Morgan fingerprint density at radius 3 is 2.94 bits per heavy atom. The topological polar surface area (TPSA) is 48.1 Å². The van der Waals surface area contributed by atoms with E-state index in [1.807, 2.05) is 12.3 Å². The normalized spacial score (nSPS) is 12.4. The molecule has 0 bridgehead atoms. The van der Waals surface area contributed by atoms with Gasteiger partial charge >= 0.3 is 0 Å². The van der Waals surface area contributed by atoms with Crippen molar-refractivity contribution in [2.75, 3.05) is 5.73 Å². The third-order valence-corrected chi connectivity index (χ3v) is 3.03. The summed E-state index contributed by atoms with van der Waals surface area (Å²) in [6.07, 6.45) is -0.118. The first-order chi connectivity index (χ1) is 7.66. The van der Waals surface area contributed by atoms with E-state index in [0.717, 1.165) is 5.69 Å². The predicted octanol–water partition coefficient (Wildman–Crippen LogP) is 3.52. The number of halogens is 1. The Bertz CT molecular complexity index is 473. The number of nitrogen functional groups attached to an aromatic ring is 1. The van der Waals surface area contributed by atoms with E-state index in [1.54, 1.807) is 35.0 Å². The first-order valence-electron chi connectivity index (χ1n) is 4.76. The standard InChI is InChI=1S/C11H11ClN2OS/c1-7(10-5-16-6-14-10)15-11-3-2-8(13)4-9(11)12/h2-7H,13H2,1H3. The van der Waals surface area contributed by atoms with Gasteiger partial charge < -0.3 is 10.5 Å². The Balaban J connectivity index is 2.15. The van der Waals surface area contributed by atoms with Crippen molar-refractivity contribution in [3.05, 3.63) is 39.8 Å². The van der Waals surface area contributed by atoms with Crippen molar-refractivity contribution in [3.8, 4) is 5.75 Å². The van der Waals surface area contributed by atoms with Gasteiger partial charge in [-0.2, -0.15) is 0 Å². The van der Waals surface area contributed by atoms with Crippen LogP contribution in [0.2, 0.25) is 5.02 Å². The molecule has 2 rings (SSSR count). The van der Waals surface area contributed by atoms with E-state index in [4.69, 9.17) is 22.1 Å². The number of aromatic nitrogens is 1. The van der Waals surface area contributed by atoms with Crippen LogP contribution in [0.15, 0.2) is 29.1 Å². The van der Waals surface area contributed by atoms with Crippen molar-refractivity contribution < 1.29 is 4.74 Å². The molecule has 0 aliphatic heterocycles. The van der Waals surface area contributed by atoms with Gasteiger partial charge in [-0.15, -0.1) is 11.3 Å². The predicted molar refractivity (Wildman–Crippen MR) is 67.0 cm³/mol. The zero-order valence-electron chi connectivity index (χ0n) is 8.68. The van der Waals surface area contributed by atoms with E-state index in [9.17, 15) is 0 Å². The summed E-state index contributed by atoms with van der Waals surface area (Å²) in [5.74, 6) is 0.622. The summed E-state index contributed by atoms with van der Waals surface area (Å²) >= 11 is 7.55. The summed E-state index contributed by atoms with van der Waals surface area (Å²) in [6, 6.07) is 5.19. The largest absolute Gasteiger partial charge is 0.483 e. The van der Waals surface area contributed by atoms with E-state index in [-0.39, 0.29) is 6.10 Å². The molecule has 1 atom stereocenters. The Morgan fingerprint density at radius 2 is 2.31 bits per heavy atom. The van der Waals surface area contributed by atoms with Crippen molar-refractivity contribution in [3.63, 3.8) is 0 Å². The Morgan fingerprint density at radius 1 is 1.50 bits per heavy atom.